The van der Waals surface area contributed by atoms with Crippen molar-refractivity contribution in [2.24, 2.45) is 0 Å². The molecule has 1 aromatic carbocycles. The normalized spacial score (nSPS) is 17.7. The molecule has 0 bridgehead atoms. The van der Waals surface area contributed by atoms with Crippen molar-refractivity contribution in [3.05, 3.63) is 18.2 Å². The van der Waals surface area contributed by atoms with Crippen LogP contribution < -0.4 is 15.8 Å². The SMILES string of the molecule is CC(C)Oc1cc(N)cc(NCC(C)N2CCCCC2)c1. The summed E-state index contributed by atoms with van der Waals surface area (Å²) in [5.74, 6) is 0.832. The van der Waals surface area contributed by atoms with Crippen molar-refractivity contribution in [2.75, 3.05) is 30.7 Å². The Hall–Kier alpha value is -1.42. The van der Waals surface area contributed by atoms with Crippen LogP contribution in [0, 0.1) is 0 Å². The van der Waals surface area contributed by atoms with E-state index in [1.54, 1.807) is 0 Å². The van der Waals surface area contributed by atoms with E-state index in [-0.39, 0.29) is 6.10 Å². The number of nitrogen functional groups attached to an aromatic ring is 1. The molecular weight excluding hydrogens is 262 g/mol. The Morgan fingerprint density at radius 1 is 1.14 bits per heavy atom. The van der Waals surface area contributed by atoms with E-state index in [0.29, 0.717) is 6.04 Å². The maximum atomic E-state index is 5.95. The van der Waals surface area contributed by atoms with Gasteiger partial charge in [0.05, 0.1) is 6.10 Å². The predicted molar refractivity (Wildman–Crippen MR) is 90.0 cm³/mol. The molecule has 0 saturated carbocycles. The summed E-state index contributed by atoms with van der Waals surface area (Å²) in [7, 11) is 0. The molecule has 1 heterocycles. The summed E-state index contributed by atoms with van der Waals surface area (Å²) in [4.78, 5) is 2.56. The minimum absolute atomic E-state index is 0.159. The fraction of sp³-hybridized carbons (Fsp3) is 0.647. The Labute approximate surface area is 128 Å². The topological polar surface area (TPSA) is 50.5 Å². The lowest BCUT2D eigenvalue weighted by atomic mass is 10.1. The summed E-state index contributed by atoms with van der Waals surface area (Å²) in [6.07, 6.45) is 4.19. The van der Waals surface area contributed by atoms with Gasteiger partial charge in [0.15, 0.2) is 0 Å². The van der Waals surface area contributed by atoms with E-state index in [0.717, 1.165) is 23.7 Å². The maximum absolute atomic E-state index is 5.95. The monoisotopic (exact) mass is 291 g/mol. The first-order valence-corrected chi connectivity index (χ1v) is 8.10. The summed E-state index contributed by atoms with van der Waals surface area (Å²) < 4.78 is 5.73. The third-order valence-electron chi connectivity index (χ3n) is 3.92. The second-order valence-electron chi connectivity index (χ2n) is 6.28. The zero-order valence-electron chi connectivity index (χ0n) is 13.6. The second-order valence-corrected chi connectivity index (χ2v) is 6.28. The van der Waals surface area contributed by atoms with Crippen LogP contribution in [0.2, 0.25) is 0 Å². The fourth-order valence-electron chi connectivity index (χ4n) is 2.82. The summed E-state index contributed by atoms with van der Waals surface area (Å²) in [6.45, 7) is 9.72. The number of likely N-dealkylation sites (tertiary alicyclic amines) is 1. The Bertz CT molecular complexity index is 442. The molecule has 1 atom stereocenters. The highest BCUT2D eigenvalue weighted by Crippen LogP contribution is 2.24. The van der Waals surface area contributed by atoms with Gasteiger partial charge in [-0.2, -0.15) is 0 Å². The van der Waals surface area contributed by atoms with Crippen molar-refractivity contribution in [1.29, 1.82) is 0 Å². The zero-order valence-corrected chi connectivity index (χ0v) is 13.6. The molecule has 0 spiro atoms. The van der Waals surface area contributed by atoms with Crippen molar-refractivity contribution >= 4 is 11.4 Å². The van der Waals surface area contributed by atoms with Crippen LogP contribution in [0.1, 0.15) is 40.0 Å². The number of rotatable bonds is 6. The Kier molecular flexibility index (Phi) is 5.74. The number of nitrogens with zero attached hydrogens (tertiary/aromatic N) is 1. The van der Waals surface area contributed by atoms with Crippen molar-refractivity contribution in [1.82, 2.24) is 4.90 Å². The highest BCUT2D eigenvalue weighted by molar-refractivity contribution is 5.59. The standard InChI is InChI=1S/C17H29N3O/c1-13(2)21-17-10-15(18)9-16(11-17)19-12-14(3)20-7-5-4-6-8-20/h9-11,13-14,19H,4-8,12,18H2,1-3H3. The molecule has 0 aromatic heterocycles. The molecule has 1 aliphatic heterocycles. The summed E-state index contributed by atoms with van der Waals surface area (Å²) in [5, 5.41) is 3.49. The predicted octanol–water partition coefficient (Wildman–Crippen LogP) is 3.34. The van der Waals surface area contributed by atoms with Gasteiger partial charge in [-0.15, -0.1) is 0 Å². The molecule has 3 N–H and O–H groups in total. The first-order chi connectivity index (χ1) is 10.0. The molecular formula is C17H29N3O. The zero-order chi connectivity index (χ0) is 15.2. The van der Waals surface area contributed by atoms with E-state index >= 15 is 0 Å². The van der Waals surface area contributed by atoms with Crippen LogP contribution in [0.5, 0.6) is 5.75 Å². The van der Waals surface area contributed by atoms with Gasteiger partial charge < -0.3 is 15.8 Å². The van der Waals surface area contributed by atoms with Gasteiger partial charge in [0, 0.05) is 36.1 Å². The highest BCUT2D eigenvalue weighted by Gasteiger charge is 2.16. The van der Waals surface area contributed by atoms with Crippen molar-refractivity contribution in [3.63, 3.8) is 0 Å². The van der Waals surface area contributed by atoms with Gasteiger partial charge in [-0.25, -0.2) is 0 Å². The van der Waals surface area contributed by atoms with Crippen LogP contribution in [-0.2, 0) is 0 Å². The lowest BCUT2D eigenvalue weighted by molar-refractivity contribution is 0.180. The average Bonchev–Trinajstić information content (AvgIpc) is 2.44. The quantitative estimate of drug-likeness (QED) is 0.789. The molecule has 1 unspecified atom stereocenters. The Balaban J connectivity index is 1.91. The largest absolute Gasteiger partial charge is 0.491 e. The van der Waals surface area contributed by atoms with E-state index in [1.165, 1.54) is 32.4 Å². The molecule has 4 nitrogen and oxygen atoms in total. The van der Waals surface area contributed by atoms with Crippen molar-refractivity contribution < 1.29 is 4.74 Å². The minimum atomic E-state index is 0.159. The number of anilines is 2. The van der Waals surface area contributed by atoms with Gasteiger partial charge in [-0.05, 0) is 52.8 Å². The number of hydrogen-bond acceptors (Lipinski definition) is 4. The van der Waals surface area contributed by atoms with E-state index < -0.39 is 0 Å². The fourth-order valence-corrected chi connectivity index (χ4v) is 2.82. The van der Waals surface area contributed by atoms with Crippen LogP contribution >= 0.6 is 0 Å². The van der Waals surface area contributed by atoms with Crippen LogP contribution in [0.3, 0.4) is 0 Å². The lowest BCUT2D eigenvalue weighted by Crippen LogP contribution is -2.41. The van der Waals surface area contributed by atoms with Crippen LogP contribution in [0.4, 0.5) is 11.4 Å². The molecule has 118 valence electrons. The van der Waals surface area contributed by atoms with Crippen molar-refractivity contribution in [3.8, 4) is 5.75 Å². The Morgan fingerprint density at radius 3 is 2.52 bits per heavy atom. The molecule has 0 amide bonds. The molecule has 0 aliphatic carbocycles. The van der Waals surface area contributed by atoms with E-state index in [2.05, 4.69) is 17.1 Å². The molecule has 4 heteroatoms. The van der Waals surface area contributed by atoms with Crippen LogP contribution in [0.25, 0.3) is 0 Å². The summed E-state index contributed by atoms with van der Waals surface area (Å²) >= 11 is 0. The molecule has 2 rings (SSSR count). The van der Waals surface area contributed by atoms with E-state index in [4.69, 9.17) is 10.5 Å². The highest BCUT2D eigenvalue weighted by atomic mass is 16.5. The smallest absolute Gasteiger partial charge is 0.123 e. The molecule has 1 aromatic rings. The summed E-state index contributed by atoms with van der Waals surface area (Å²) in [6, 6.07) is 6.41. The van der Waals surface area contributed by atoms with Crippen molar-refractivity contribution in [2.45, 2.75) is 52.2 Å². The minimum Gasteiger partial charge on any atom is -0.491 e. The number of nitrogens with two attached hydrogens (primary N) is 1. The maximum Gasteiger partial charge on any atom is 0.123 e. The first-order valence-electron chi connectivity index (χ1n) is 8.10. The summed E-state index contributed by atoms with van der Waals surface area (Å²) in [5.41, 5.74) is 7.73. The van der Waals surface area contributed by atoms with Gasteiger partial charge in [0.2, 0.25) is 0 Å². The average molecular weight is 291 g/mol. The molecule has 1 aliphatic rings. The number of ether oxygens (including phenoxy) is 1. The van der Waals surface area contributed by atoms with Crippen LogP contribution in [0.15, 0.2) is 18.2 Å². The Morgan fingerprint density at radius 2 is 1.86 bits per heavy atom. The third kappa shape index (κ3) is 5.12. The van der Waals surface area contributed by atoms with E-state index in [1.807, 2.05) is 32.0 Å². The lowest BCUT2D eigenvalue weighted by Gasteiger charge is -2.32. The number of nitrogens with one attached hydrogen (secondary N) is 1. The first kappa shape index (κ1) is 16.0. The van der Waals surface area contributed by atoms with Gasteiger partial charge in [0.25, 0.3) is 0 Å². The number of benzene rings is 1. The molecule has 0 radical (unpaired) electrons. The van der Waals surface area contributed by atoms with Gasteiger partial charge in [0.1, 0.15) is 5.75 Å². The van der Waals surface area contributed by atoms with Gasteiger partial charge in [-0.1, -0.05) is 6.42 Å². The number of piperidine rings is 1. The van der Waals surface area contributed by atoms with Crippen LogP contribution in [-0.4, -0.2) is 36.7 Å². The number of hydrogen-bond donors (Lipinski definition) is 2. The molecule has 1 fully saturated rings. The van der Waals surface area contributed by atoms with Gasteiger partial charge >= 0.3 is 0 Å². The molecule has 1 saturated heterocycles. The third-order valence-corrected chi connectivity index (χ3v) is 3.92. The second kappa shape index (κ2) is 7.55. The van der Waals surface area contributed by atoms with Gasteiger partial charge in [-0.3, -0.25) is 4.90 Å². The van der Waals surface area contributed by atoms with E-state index in [9.17, 15) is 0 Å². The molecule has 21 heavy (non-hydrogen) atoms.